The lowest BCUT2D eigenvalue weighted by Gasteiger charge is -2.04. The summed E-state index contributed by atoms with van der Waals surface area (Å²) >= 11 is 0. The Morgan fingerprint density at radius 3 is 2.65 bits per heavy atom. The highest BCUT2D eigenvalue weighted by molar-refractivity contribution is 5.86. The first-order chi connectivity index (χ1) is 9.75. The Labute approximate surface area is 114 Å². The van der Waals surface area contributed by atoms with Crippen molar-refractivity contribution in [2.45, 2.75) is 0 Å². The Morgan fingerprint density at radius 1 is 1.05 bits per heavy atom. The smallest absolute Gasteiger partial charge is 0.268 e. The van der Waals surface area contributed by atoms with Gasteiger partial charge in [0.15, 0.2) is 6.20 Å². The predicted octanol–water partition coefficient (Wildman–Crippen LogP) is 2.99. The first-order valence-corrected chi connectivity index (χ1v) is 5.91. The van der Waals surface area contributed by atoms with Crippen LogP contribution in [0.3, 0.4) is 0 Å². The number of nitrogens with zero attached hydrogens (tertiary/aromatic N) is 4. The van der Waals surface area contributed by atoms with E-state index in [2.05, 4.69) is 15.2 Å². The third kappa shape index (κ3) is 2.14. The minimum Gasteiger partial charge on any atom is -0.618 e. The van der Waals surface area contributed by atoms with Gasteiger partial charge in [-0.2, -0.15) is 9.84 Å². The van der Waals surface area contributed by atoms with Gasteiger partial charge in [-0.15, -0.1) is 5.11 Å². The van der Waals surface area contributed by atoms with Gasteiger partial charge in [-0.3, -0.25) is 4.98 Å². The van der Waals surface area contributed by atoms with Crippen LogP contribution in [0.15, 0.2) is 65.2 Å². The van der Waals surface area contributed by atoms with Crippen molar-refractivity contribution in [3.05, 3.63) is 60.2 Å². The van der Waals surface area contributed by atoms with Gasteiger partial charge in [-0.05, 0) is 30.3 Å². The second-order valence-corrected chi connectivity index (χ2v) is 4.11. The molecule has 2 heterocycles. The maximum atomic E-state index is 11.7. The molecular weight excluding hydrogens is 256 g/mol. The Hall–Kier alpha value is -3.02. The summed E-state index contributed by atoms with van der Waals surface area (Å²) in [5, 5.41) is 30.4. The van der Waals surface area contributed by atoms with Crippen molar-refractivity contribution in [2.24, 2.45) is 10.2 Å². The van der Waals surface area contributed by atoms with Crippen molar-refractivity contribution in [2.75, 3.05) is 0 Å². The number of hydrogen-bond donors (Lipinski definition) is 1. The van der Waals surface area contributed by atoms with Crippen LogP contribution in [0.1, 0.15) is 0 Å². The molecule has 1 aromatic carbocycles. The van der Waals surface area contributed by atoms with E-state index in [0.717, 1.165) is 0 Å². The molecule has 0 fully saturated rings. The van der Waals surface area contributed by atoms with Crippen LogP contribution in [0, 0.1) is 5.21 Å². The van der Waals surface area contributed by atoms with Crippen molar-refractivity contribution in [3.63, 3.8) is 0 Å². The molecule has 0 amide bonds. The highest BCUT2D eigenvalue weighted by atomic mass is 16.5. The minimum atomic E-state index is -0.184. The SMILES string of the molecule is [O-][n+]1cccc2ccc(N=Nc3ccncc3)c(O)c21. The van der Waals surface area contributed by atoms with Crippen LogP contribution in [0.25, 0.3) is 10.9 Å². The van der Waals surface area contributed by atoms with E-state index < -0.39 is 0 Å². The lowest BCUT2D eigenvalue weighted by atomic mass is 10.2. The number of rotatable bonds is 2. The van der Waals surface area contributed by atoms with Crippen LogP contribution in [-0.4, -0.2) is 10.1 Å². The van der Waals surface area contributed by atoms with E-state index in [9.17, 15) is 10.3 Å². The molecule has 0 saturated carbocycles. The average Bonchev–Trinajstić information content (AvgIpc) is 2.48. The van der Waals surface area contributed by atoms with Crippen LogP contribution in [0.5, 0.6) is 5.75 Å². The largest absolute Gasteiger partial charge is 0.618 e. The van der Waals surface area contributed by atoms with Gasteiger partial charge >= 0.3 is 0 Å². The Balaban J connectivity index is 2.07. The molecule has 2 aromatic heterocycles. The molecule has 98 valence electrons. The van der Waals surface area contributed by atoms with Gasteiger partial charge in [0.25, 0.3) is 5.52 Å². The third-order valence-corrected chi connectivity index (χ3v) is 2.81. The van der Waals surface area contributed by atoms with Crippen molar-refractivity contribution >= 4 is 22.3 Å². The normalized spacial score (nSPS) is 11.2. The monoisotopic (exact) mass is 266 g/mol. The Bertz CT molecular complexity index is 788. The van der Waals surface area contributed by atoms with Crippen molar-refractivity contribution in [1.82, 2.24) is 4.98 Å². The molecule has 0 bridgehead atoms. The Kier molecular flexibility index (Phi) is 2.96. The molecule has 0 unspecified atom stereocenters. The molecule has 6 heteroatoms. The molecule has 3 rings (SSSR count). The van der Waals surface area contributed by atoms with Gasteiger partial charge in [-0.25, -0.2) is 0 Å². The van der Waals surface area contributed by atoms with E-state index in [0.29, 0.717) is 15.8 Å². The first kappa shape index (κ1) is 12.0. The summed E-state index contributed by atoms with van der Waals surface area (Å²) in [5.41, 5.74) is 1.03. The van der Waals surface area contributed by atoms with Crippen LogP contribution >= 0.6 is 0 Å². The topological polar surface area (TPSA) is 84.8 Å². The fraction of sp³-hybridized carbons (Fsp3) is 0. The molecule has 0 aliphatic rings. The van der Waals surface area contributed by atoms with Gasteiger partial charge < -0.3 is 10.3 Å². The number of aromatic nitrogens is 2. The van der Waals surface area contributed by atoms with Crippen LogP contribution in [0.2, 0.25) is 0 Å². The summed E-state index contributed by atoms with van der Waals surface area (Å²) in [6.07, 6.45) is 4.52. The quantitative estimate of drug-likeness (QED) is 0.439. The second-order valence-electron chi connectivity index (χ2n) is 4.11. The highest BCUT2D eigenvalue weighted by Crippen LogP contribution is 2.33. The van der Waals surface area contributed by atoms with Gasteiger partial charge in [0.05, 0.1) is 11.1 Å². The standard InChI is InChI=1S/C14H10N4O2/c19-14-12(17-16-11-5-7-15-8-6-11)4-3-10-2-1-9-18(20)13(10)14/h1-9,19H. The molecule has 3 aromatic rings. The van der Waals surface area contributed by atoms with E-state index in [1.165, 1.54) is 6.20 Å². The summed E-state index contributed by atoms with van der Waals surface area (Å²) in [5.74, 6) is -0.184. The first-order valence-electron chi connectivity index (χ1n) is 5.91. The van der Waals surface area contributed by atoms with Crippen LogP contribution in [0.4, 0.5) is 11.4 Å². The third-order valence-electron chi connectivity index (χ3n) is 2.81. The maximum Gasteiger partial charge on any atom is 0.268 e. The van der Waals surface area contributed by atoms with Crippen LogP contribution in [-0.2, 0) is 0 Å². The van der Waals surface area contributed by atoms with Crippen LogP contribution < -0.4 is 4.73 Å². The zero-order chi connectivity index (χ0) is 13.9. The summed E-state index contributed by atoms with van der Waals surface area (Å²) in [7, 11) is 0. The second kappa shape index (κ2) is 4.93. The molecule has 0 spiro atoms. The summed E-state index contributed by atoms with van der Waals surface area (Å²) < 4.78 is 0.607. The average molecular weight is 266 g/mol. The number of pyridine rings is 2. The molecule has 1 N–H and O–H groups in total. The van der Waals surface area contributed by atoms with Gasteiger partial charge in [0.2, 0.25) is 5.75 Å². The summed E-state index contributed by atoms with van der Waals surface area (Å²) in [4.78, 5) is 3.87. The number of azo groups is 1. The molecule has 6 nitrogen and oxygen atoms in total. The van der Waals surface area contributed by atoms with Gasteiger partial charge in [-0.1, -0.05) is 0 Å². The molecule has 0 radical (unpaired) electrons. The molecular formula is C14H10N4O2. The molecule has 0 saturated heterocycles. The van der Waals surface area contributed by atoms with E-state index in [1.807, 2.05) is 0 Å². The molecule has 0 atom stereocenters. The van der Waals surface area contributed by atoms with E-state index in [-0.39, 0.29) is 17.0 Å². The minimum absolute atomic E-state index is 0.179. The van der Waals surface area contributed by atoms with Gasteiger partial charge in [0.1, 0.15) is 5.69 Å². The van der Waals surface area contributed by atoms with E-state index in [1.54, 1.807) is 48.8 Å². The summed E-state index contributed by atoms with van der Waals surface area (Å²) in [6.45, 7) is 0. The molecule has 0 aliphatic carbocycles. The van der Waals surface area contributed by atoms with Crippen molar-refractivity contribution in [3.8, 4) is 5.75 Å². The van der Waals surface area contributed by atoms with Crippen molar-refractivity contribution < 1.29 is 9.84 Å². The number of aromatic hydroxyl groups is 1. The number of benzene rings is 1. The lowest BCUT2D eigenvalue weighted by Crippen LogP contribution is -2.25. The van der Waals surface area contributed by atoms with E-state index in [4.69, 9.17) is 0 Å². The number of fused-ring (bicyclic) bond motifs is 1. The number of hydrogen-bond acceptors (Lipinski definition) is 5. The Morgan fingerprint density at radius 2 is 1.85 bits per heavy atom. The zero-order valence-corrected chi connectivity index (χ0v) is 10.3. The number of phenols is 1. The van der Waals surface area contributed by atoms with Crippen molar-refractivity contribution in [1.29, 1.82) is 0 Å². The van der Waals surface area contributed by atoms with E-state index >= 15 is 0 Å². The predicted molar refractivity (Wildman–Crippen MR) is 73.0 cm³/mol. The molecule has 20 heavy (non-hydrogen) atoms. The van der Waals surface area contributed by atoms with Gasteiger partial charge in [0, 0.05) is 18.5 Å². The molecule has 0 aliphatic heterocycles. The highest BCUT2D eigenvalue weighted by Gasteiger charge is 2.13. The fourth-order valence-electron chi connectivity index (χ4n) is 1.85. The fourth-order valence-corrected chi connectivity index (χ4v) is 1.85. The lowest BCUT2D eigenvalue weighted by molar-refractivity contribution is -0.577. The number of phenolic OH excluding ortho intramolecular Hbond substituents is 1. The maximum absolute atomic E-state index is 11.7. The zero-order valence-electron chi connectivity index (χ0n) is 10.3. The summed E-state index contributed by atoms with van der Waals surface area (Å²) in [6, 6.07) is 10.1.